The minimum atomic E-state index is -4.99. The average molecular weight is 762 g/mol. The number of benzene rings is 4. The van der Waals surface area contributed by atoms with E-state index < -0.39 is 29.2 Å². The summed E-state index contributed by atoms with van der Waals surface area (Å²) in [4.78, 5) is 4.64. The van der Waals surface area contributed by atoms with Crippen molar-refractivity contribution in [3.8, 4) is 0 Å². The van der Waals surface area contributed by atoms with Gasteiger partial charge in [-0.05, 0) is 71.7 Å². The molecule has 0 radical (unpaired) electrons. The normalized spacial score (nSPS) is 21.8. The summed E-state index contributed by atoms with van der Waals surface area (Å²) in [5.74, 6) is 0.851. The molecule has 0 unspecified atom stereocenters. The Morgan fingerprint density at radius 2 is 1.50 bits per heavy atom. The molecule has 3 fully saturated rings. The number of pyridine rings is 1. The van der Waals surface area contributed by atoms with E-state index in [1.165, 1.54) is 5.56 Å². The van der Waals surface area contributed by atoms with Crippen LogP contribution in [-0.2, 0) is 30.2 Å². The number of rotatable bonds is 10. The number of nitrogens with zero attached hydrogens (tertiary/aromatic N) is 2. The Morgan fingerprint density at radius 3 is 2.15 bits per heavy atom. The Kier molecular flexibility index (Phi) is 10.5. The number of piperidine rings is 3. The molecule has 0 saturated carbocycles. The summed E-state index contributed by atoms with van der Waals surface area (Å²) in [6.07, 6.45) is -4.41. The molecule has 0 amide bonds. The number of halogens is 6. The molecule has 3 saturated heterocycles. The number of anilines is 2. The summed E-state index contributed by atoms with van der Waals surface area (Å²) in [7, 11) is 0. The highest BCUT2D eigenvalue weighted by Crippen LogP contribution is 2.49. The Bertz CT molecular complexity index is 2100. The van der Waals surface area contributed by atoms with E-state index in [2.05, 4.69) is 52.5 Å². The van der Waals surface area contributed by atoms with Crippen LogP contribution in [0.15, 0.2) is 122 Å². The van der Waals surface area contributed by atoms with Crippen molar-refractivity contribution in [2.45, 2.75) is 50.5 Å². The molecular weight excluding hydrogens is 723 g/mol. The van der Waals surface area contributed by atoms with E-state index in [0.717, 1.165) is 53.5 Å². The molecule has 4 heterocycles. The van der Waals surface area contributed by atoms with E-state index in [9.17, 15) is 26.3 Å². The van der Waals surface area contributed by atoms with Crippen molar-refractivity contribution in [2.75, 3.05) is 23.7 Å². The van der Waals surface area contributed by atoms with Gasteiger partial charge in [-0.2, -0.15) is 26.3 Å². The van der Waals surface area contributed by atoms with Crippen LogP contribution in [0.3, 0.4) is 0 Å². The third kappa shape index (κ3) is 8.15. The maximum Gasteiger partial charge on any atom is 0.416 e. The zero-order valence-corrected chi connectivity index (χ0v) is 30.0. The summed E-state index contributed by atoms with van der Waals surface area (Å²) in [6, 6.07) is 29.2. The molecule has 12 heteroatoms. The first-order chi connectivity index (χ1) is 25.8. The van der Waals surface area contributed by atoms with Gasteiger partial charge in [0.05, 0.1) is 36.3 Å². The fourth-order valence-electron chi connectivity index (χ4n) is 8.29. The lowest BCUT2D eigenvalue weighted by Gasteiger charge is -2.58. The Labute approximate surface area is 315 Å². The molecule has 0 aliphatic carbocycles. The minimum Gasteiger partial charge on any atom is -0.363 e. The molecule has 2 N–H and O–H groups in total. The molecule has 5 aromatic rings. The smallest absolute Gasteiger partial charge is 0.363 e. The van der Waals surface area contributed by atoms with Gasteiger partial charge in [0, 0.05) is 47.3 Å². The summed E-state index contributed by atoms with van der Waals surface area (Å²) < 4.78 is 88.9. The second-order valence-electron chi connectivity index (χ2n) is 14.2. The van der Waals surface area contributed by atoms with Crippen LogP contribution in [0.1, 0.15) is 46.8 Å². The average Bonchev–Trinajstić information content (AvgIpc) is 3.15. The third-order valence-electron chi connectivity index (χ3n) is 10.8. The lowest BCUT2D eigenvalue weighted by molar-refractivity contribution is -0.985. The number of nitrogens with one attached hydrogen (secondary N) is 2. The predicted molar refractivity (Wildman–Crippen MR) is 202 cm³/mol. The van der Waals surface area contributed by atoms with Crippen LogP contribution in [0, 0.1) is 11.8 Å². The predicted octanol–water partition coefficient (Wildman–Crippen LogP) is 11.0. The molecule has 5 atom stereocenters. The van der Waals surface area contributed by atoms with Crippen LogP contribution >= 0.6 is 12.2 Å². The van der Waals surface area contributed by atoms with Crippen molar-refractivity contribution >= 4 is 39.6 Å². The van der Waals surface area contributed by atoms with Gasteiger partial charge in [-0.3, -0.25) is 4.98 Å². The molecule has 8 rings (SSSR count). The third-order valence-corrected chi connectivity index (χ3v) is 11.0. The quantitative estimate of drug-likeness (QED) is 0.0642. The number of thiocarbonyl (C=S) groups is 1. The van der Waals surface area contributed by atoms with Crippen molar-refractivity contribution in [3.05, 3.63) is 150 Å². The van der Waals surface area contributed by atoms with E-state index in [1.54, 1.807) is 18.3 Å². The largest absolute Gasteiger partial charge is 0.416 e. The SMILES string of the molecule is C=C[C@H]1C[N@+]2(Cc3ccccc3)CC[C@H]1C[C@H]2[C@H](OCc1ccccc1)c1ccnc2ccc(NC(=S)Nc3cc(C(F)(F)F)cc(C(F)(F)F)c3)cc12. The molecule has 3 aliphatic heterocycles. The van der Waals surface area contributed by atoms with Crippen LogP contribution in [0.5, 0.6) is 0 Å². The lowest BCUT2D eigenvalue weighted by atomic mass is 9.71. The molecule has 0 spiro atoms. The van der Waals surface area contributed by atoms with Crippen molar-refractivity contribution in [1.82, 2.24) is 4.98 Å². The molecular formula is C42H39F6N4OS+. The fourth-order valence-corrected chi connectivity index (χ4v) is 8.53. The minimum absolute atomic E-state index is 0.0776. The van der Waals surface area contributed by atoms with Gasteiger partial charge in [0.25, 0.3) is 0 Å². The Morgan fingerprint density at radius 1 is 0.852 bits per heavy atom. The molecule has 3 aliphatic rings. The fraction of sp³-hybridized carbons (Fsp3) is 0.286. The van der Waals surface area contributed by atoms with E-state index in [-0.39, 0.29) is 23.3 Å². The van der Waals surface area contributed by atoms with Gasteiger partial charge < -0.3 is 19.9 Å². The van der Waals surface area contributed by atoms with Crippen molar-refractivity contribution in [2.24, 2.45) is 11.8 Å². The number of hydrogen-bond donors (Lipinski definition) is 2. The van der Waals surface area contributed by atoms with Gasteiger partial charge in [0.15, 0.2) is 5.11 Å². The molecule has 2 bridgehead atoms. The lowest BCUT2D eigenvalue weighted by Crippen LogP contribution is -2.67. The van der Waals surface area contributed by atoms with Crippen LogP contribution in [-0.4, -0.2) is 33.7 Å². The number of alkyl halides is 6. The molecule has 1 aromatic heterocycles. The second-order valence-corrected chi connectivity index (χ2v) is 14.7. The monoisotopic (exact) mass is 761 g/mol. The zero-order valence-electron chi connectivity index (χ0n) is 29.2. The zero-order chi connectivity index (χ0) is 38.1. The Hall–Kier alpha value is -4.78. The maximum atomic E-state index is 13.5. The van der Waals surface area contributed by atoms with E-state index >= 15 is 0 Å². The molecule has 280 valence electrons. The molecule has 5 nitrogen and oxygen atoms in total. The van der Waals surface area contributed by atoms with Gasteiger partial charge in [0.1, 0.15) is 18.7 Å². The number of aromatic nitrogens is 1. The number of quaternary nitrogens is 1. The highest BCUT2D eigenvalue weighted by molar-refractivity contribution is 7.80. The van der Waals surface area contributed by atoms with Crippen LogP contribution in [0.4, 0.5) is 37.7 Å². The number of ether oxygens (including phenoxy) is 1. The molecule has 4 aromatic carbocycles. The summed E-state index contributed by atoms with van der Waals surface area (Å²) >= 11 is 5.40. The van der Waals surface area contributed by atoms with Crippen LogP contribution in [0.25, 0.3) is 10.9 Å². The van der Waals surface area contributed by atoms with Crippen LogP contribution in [0.2, 0.25) is 0 Å². The summed E-state index contributed by atoms with van der Waals surface area (Å²) in [5.41, 5.74) is 1.08. The second kappa shape index (κ2) is 15.2. The van der Waals surface area contributed by atoms with Gasteiger partial charge in [-0.25, -0.2) is 0 Å². The summed E-state index contributed by atoms with van der Waals surface area (Å²) in [5, 5.41) is 6.09. The number of fused-ring (bicyclic) bond motifs is 4. The van der Waals surface area contributed by atoms with E-state index in [1.807, 2.05) is 48.5 Å². The first-order valence-corrected chi connectivity index (χ1v) is 18.2. The highest BCUT2D eigenvalue weighted by atomic mass is 32.1. The standard InChI is InChI=1S/C42H38F6N4OS/c1-2-29-25-52(24-27-9-5-3-6-10-27)18-16-30(29)19-38(52)39(53-26-28-11-7-4-8-12-28)35-15-17-49-37-14-13-33(23-36(35)37)50-40(54)51-34-21-31(41(43,44)45)20-32(22-34)42(46,47)48/h2-15,17,20-23,29-30,38-39H,1,16,18-19,24-26H2,(H-,50,51,54)/p+1/t29-,30-,38-,39+,52+/m0/s1. The van der Waals surface area contributed by atoms with Gasteiger partial charge in [0.2, 0.25) is 0 Å². The topological polar surface area (TPSA) is 46.2 Å². The van der Waals surface area contributed by atoms with Crippen LogP contribution < -0.4 is 10.6 Å². The van der Waals surface area contributed by atoms with E-state index in [0.29, 0.717) is 41.8 Å². The maximum absolute atomic E-state index is 13.5. The first-order valence-electron chi connectivity index (χ1n) is 17.8. The van der Waals surface area contributed by atoms with Crippen molar-refractivity contribution < 1.29 is 35.6 Å². The first kappa shape index (κ1) is 37.5. The van der Waals surface area contributed by atoms with Gasteiger partial charge >= 0.3 is 12.4 Å². The Balaban J connectivity index is 1.24. The van der Waals surface area contributed by atoms with Crippen molar-refractivity contribution in [3.63, 3.8) is 0 Å². The van der Waals surface area contributed by atoms with Gasteiger partial charge in [-0.15, -0.1) is 6.58 Å². The summed E-state index contributed by atoms with van der Waals surface area (Å²) in [6.45, 7) is 7.38. The van der Waals surface area contributed by atoms with Gasteiger partial charge in [-0.1, -0.05) is 66.7 Å². The molecule has 54 heavy (non-hydrogen) atoms. The van der Waals surface area contributed by atoms with Crippen molar-refractivity contribution in [1.29, 1.82) is 0 Å². The van der Waals surface area contributed by atoms with E-state index in [4.69, 9.17) is 17.0 Å². The number of hydrogen-bond acceptors (Lipinski definition) is 3. The highest BCUT2D eigenvalue weighted by Gasteiger charge is 2.54.